The summed E-state index contributed by atoms with van der Waals surface area (Å²) in [7, 11) is -106. The summed E-state index contributed by atoms with van der Waals surface area (Å²) in [6.07, 6.45) is -96.8. The zero-order valence-electron chi connectivity index (χ0n) is 55.4. The van der Waals surface area contributed by atoms with Crippen molar-refractivity contribution in [2.75, 3.05) is 33.0 Å². The normalized spacial score (nSPS) is 33.4. The van der Waals surface area contributed by atoms with Gasteiger partial charge in [-0.3, -0.25) is 72.8 Å². The minimum atomic E-state index is -7.12. The van der Waals surface area contributed by atoms with Crippen molar-refractivity contribution in [3.8, 4) is 0 Å². The van der Waals surface area contributed by atoms with Crippen LogP contribution < -0.4 is 0 Å². The molecule has 0 saturated carbocycles. The molecule has 5 fully saturated rings. The van der Waals surface area contributed by atoms with E-state index in [-0.39, 0.29) is 0 Å². The van der Waals surface area contributed by atoms with E-state index in [1.807, 2.05) is 0 Å². The lowest BCUT2D eigenvalue weighted by Gasteiger charge is -2.51. The van der Waals surface area contributed by atoms with Crippen molar-refractivity contribution >= 4 is 166 Å². The molecule has 74 nitrogen and oxygen atoms in total. The molecule has 1 unspecified atom stereocenters. The fourth-order valence-corrected chi connectivity index (χ4v) is 17.3. The van der Waals surface area contributed by atoms with E-state index in [9.17, 15) is 213 Å². The van der Waals surface area contributed by atoms with Crippen molar-refractivity contribution in [3.63, 3.8) is 0 Å². The molecule has 0 aromatic heterocycles. The fourth-order valence-electron chi connectivity index (χ4n) is 10.3. The van der Waals surface area contributed by atoms with Crippen molar-refractivity contribution in [2.45, 2.75) is 154 Å². The minimum Gasteiger partial charge on any atom is -0.366 e. The van der Waals surface area contributed by atoms with Gasteiger partial charge < -0.3 is 47.7 Å². The molecule has 0 spiro atoms. The lowest BCUT2D eigenvalue weighted by molar-refractivity contribution is -0.385. The summed E-state index contributed by atoms with van der Waals surface area (Å²) < 4.78 is 673. The maximum atomic E-state index is 13.3. The van der Waals surface area contributed by atoms with Gasteiger partial charge in [-0.1, -0.05) is 0 Å². The summed E-state index contributed by atoms with van der Waals surface area (Å²) in [5.74, 6) is 0. The van der Waals surface area contributed by atoms with Crippen LogP contribution in [0, 0.1) is 0 Å². The fraction of sp³-hybridized carbons (Fsp3) is 1.00. The minimum absolute atomic E-state index is 2.12. The van der Waals surface area contributed by atoms with Gasteiger partial charge in [0.25, 0.3) is 0 Å². The van der Waals surface area contributed by atoms with Gasteiger partial charge in [0, 0.05) is 0 Å². The first-order valence-corrected chi connectivity index (χ1v) is 50.0. The molecule has 0 aliphatic carbocycles. The van der Waals surface area contributed by atoms with E-state index in [0.717, 1.165) is 0 Å². The van der Waals surface area contributed by atoms with E-state index < -0.39 is 353 Å². The van der Waals surface area contributed by atoms with Crippen molar-refractivity contribution in [2.24, 2.45) is 0 Å². The molecule has 5 aliphatic rings. The maximum Gasteiger partial charge on any atom is 0.397 e. The molecule has 0 aromatic rings. The molecule has 0 aromatic carbocycles. The van der Waals surface area contributed by atoms with E-state index in [4.69, 9.17) is 42.6 Å². The highest BCUT2D eigenvalue weighted by atomic mass is 32.3. The van der Waals surface area contributed by atoms with E-state index >= 15 is 0 Å². The highest BCUT2D eigenvalue weighted by Crippen LogP contribution is 2.43. The molecule has 90 heteroatoms. The third kappa shape index (κ3) is 38.4. The molecule has 0 bridgehead atoms. The molecule has 712 valence electrons. The molecule has 5 rings (SSSR count). The van der Waals surface area contributed by atoms with E-state index in [0.29, 0.717) is 0 Å². The summed E-state index contributed by atoms with van der Waals surface area (Å²) in [5.41, 5.74) is 0. The molecule has 0 radical (unpaired) electrons. The maximum absolute atomic E-state index is 13.3. The topological polar surface area (TPSA) is 1120 Å². The van der Waals surface area contributed by atoms with Gasteiger partial charge in [-0.25, -0.2) is 66.9 Å². The Morgan fingerprint density at radius 2 is 0.300 bits per heavy atom. The molecule has 17 N–H and O–H groups in total. The van der Waals surface area contributed by atoms with Gasteiger partial charge in [0.05, 0.1) is 33.0 Å². The molecule has 120 heavy (non-hydrogen) atoms. The first-order chi connectivity index (χ1) is 53.3. The number of aliphatic hydroxyl groups is 1. The van der Waals surface area contributed by atoms with Crippen molar-refractivity contribution < 1.29 is 322 Å². The highest BCUT2D eigenvalue weighted by molar-refractivity contribution is 7.84. The Hall–Kier alpha value is -2.48. The predicted octanol–water partition coefficient (Wildman–Crippen LogP) is -14.7. The van der Waals surface area contributed by atoms with Crippen LogP contribution in [0.2, 0.25) is 0 Å². The molecule has 25 atom stereocenters. The van der Waals surface area contributed by atoms with Gasteiger partial charge >= 0.3 is 166 Å². The Morgan fingerprint density at radius 1 is 0.167 bits per heavy atom. The molecule has 5 aliphatic heterocycles. The number of aliphatic hydroxyl groups excluding tert-OH is 1. The number of hydrogen-bond donors (Lipinski definition) is 17. The third-order valence-electron chi connectivity index (χ3n) is 13.6. The summed E-state index contributed by atoms with van der Waals surface area (Å²) in [6.45, 7) is -12.1. The van der Waals surface area contributed by atoms with Crippen LogP contribution in [0.4, 0.5) is 0 Å². The van der Waals surface area contributed by atoms with Crippen LogP contribution in [-0.2, 0) is 276 Å². The second kappa shape index (κ2) is 39.5. The van der Waals surface area contributed by atoms with Crippen molar-refractivity contribution in [1.29, 1.82) is 0 Å². The summed E-state index contributed by atoms with van der Waals surface area (Å²) in [6, 6.07) is 0. The van der Waals surface area contributed by atoms with Crippen LogP contribution in [0.5, 0.6) is 0 Å². The van der Waals surface area contributed by atoms with Crippen LogP contribution in [0.15, 0.2) is 0 Å². The largest absolute Gasteiger partial charge is 0.397 e. The van der Waals surface area contributed by atoms with Gasteiger partial charge in [-0.2, -0.15) is 135 Å². The van der Waals surface area contributed by atoms with Gasteiger partial charge in [0.1, 0.15) is 91.6 Å². The number of ether oxygens (including phenoxy) is 9. The van der Waals surface area contributed by atoms with E-state index in [2.05, 4.69) is 66.9 Å². The molecular weight excluding hydrogens is 2060 g/mol. The SMILES string of the molecule is O=S(=O)(O)OC[C@H]1O[C@@H](O[C@@H]2[C@@H](OS(=O)(=O)O)[C@H](O[C@H]3[C@H](OS(=O)(=O)O)[C@@H](COS(=O)(=O)O)OC(O)[C@@H]3OS(=O)(=O)O)O[C@H](COS(=O)(=O)O)[C@H]2OS(=O)(=O)O)[C@H](OS(=O)(=O)O)[C@@H](O[C@@H]2O[C@H](COS(=O)(=O)O)[C@@H](OS(=O)(=O)O)[C@H](O[C@@H]3O[C@H](COS(=O)(=O)O)[C@@H](OS(=O)(=O)O)[C@H](OS(=O)(=O)O)[C@H]3OS(=O)(=O)O)[C@H]2OS(=O)(=O)O)[C@@H]1OS(=O)(=O)O. The van der Waals surface area contributed by atoms with Crippen LogP contribution >= 0.6 is 0 Å². The predicted molar refractivity (Wildman–Crippen MR) is 333 cm³/mol. The monoisotopic (exact) mass is 2110 g/mol. The summed E-state index contributed by atoms with van der Waals surface area (Å²) >= 11 is 0. The molecule has 0 amide bonds. The van der Waals surface area contributed by atoms with E-state index in [1.54, 1.807) is 0 Å². The van der Waals surface area contributed by atoms with E-state index in [1.165, 1.54) is 0 Å². The third-order valence-corrected chi connectivity index (χ3v) is 20.9. The quantitative estimate of drug-likeness (QED) is 0.0252. The van der Waals surface area contributed by atoms with Crippen LogP contribution in [0.1, 0.15) is 0 Å². The van der Waals surface area contributed by atoms with Gasteiger partial charge in [0.2, 0.25) is 0 Å². The van der Waals surface area contributed by atoms with Gasteiger partial charge in [0.15, 0.2) is 62.0 Å². The Morgan fingerprint density at radius 3 is 0.475 bits per heavy atom. The Labute approximate surface area is 670 Å². The Kier molecular flexibility index (Phi) is 35.5. The second-order valence-corrected chi connectivity index (χ2v) is 39.1. The lowest BCUT2D eigenvalue weighted by atomic mass is 9.95. The zero-order valence-corrected chi connectivity index (χ0v) is 68.4. The zero-order chi connectivity index (χ0) is 92.6. The van der Waals surface area contributed by atoms with Crippen molar-refractivity contribution in [1.82, 2.24) is 0 Å². The second-order valence-electron chi connectivity index (χ2n) is 22.1. The smallest absolute Gasteiger partial charge is 0.366 e. The Balaban J connectivity index is 2.05. The first-order valence-electron chi connectivity index (χ1n) is 28.2. The van der Waals surface area contributed by atoms with Gasteiger partial charge in [-0.05, 0) is 0 Å². The lowest BCUT2D eigenvalue weighted by Crippen LogP contribution is -2.70. The Bertz CT molecular complexity index is 5560. The average molecular weight is 2110 g/mol. The van der Waals surface area contributed by atoms with Crippen LogP contribution in [0.3, 0.4) is 0 Å². The number of rotatable bonds is 45. The van der Waals surface area contributed by atoms with Crippen LogP contribution in [-0.4, -0.2) is 399 Å². The molecular formula is C30H52O74S16. The highest BCUT2D eigenvalue weighted by Gasteiger charge is 2.65. The summed E-state index contributed by atoms with van der Waals surface area (Å²) in [4.78, 5) is 0. The van der Waals surface area contributed by atoms with Crippen LogP contribution in [0.25, 0.3) is 0 Å². The van der Waals surface area contributed by atoms with Gasteiger partial charge in [-0.15, -0.1) is 0 Å². The molecule has 5 saturated heterocycles. The van der Waals surface area contributed by atoms with Crippen molar-refractivity contribution in [3.05, 3.63) is 0 Å². The summed E-state index contributed by atoms with van der Waals surface area (Å²) in [5, 5.41) is 11.0. The standard InChI is InChI=1S/C30H52O74S16/c31-26-21(100-116(65,66)67)16(11(94-110(47,48)49)6(85-26)1-80-105(32,33)34)90-27-22(101-117(68,69)70)17(12(95-111(50,51)52)7(86-27)2-81-106(35,36)37)91-28-23(102-118(71,72)73)18(13(96-112(53,54)55)8(87-28)3-82-107(38,39)40)92-29-24(103-119(74,75)76)19(14(97-113(56,57)58)9(88-29)4-83-108(41,42)43)93-30-25(104-120(77,78)79)20(99-115(62,63)64)15(98-114(59,60)61)10(89-30)5-84-109(44,45)46/h6-31H,1-5H2,(H,32,33,34)(H,35,36,37)(H,38,39,40)(H,41,42,43)(H,44,45,46)(H,47,48,49)(H,50,51,52)(H,53,54,55)(H,56,57,58)(H,59,60,61)(H,62,63,64)(H,65,66,67)(H,68,69,70)(H,71,72,73)(H,74,75,76)(H,77,78,79)/t6-,7-,8-,9-,10-,11-,12-,13-,14-,15-,16+,17+,18+,19+,20+,21-,22-,23-,24-,25-,26?,27+,28+,29+,30+/m1/s1. The average Bonchev–Trinajstić information content (AvgIpc) is 0.748. The number of hydrogen-bond acceptors (Lipinski definition) is 58. The molecule has 5 heterocycles. The first kappa shape index (κ1) is 108.